The highest BCUT2D eigenvalue weighted by Crippen LogP contribution is 2.42. The van der Waals surface area contributed by atoms with Crippen molar-refractivity contribution in [2.24, 2.45) is 5.92 Å². The highest BCUT2D eigenvalue weighted by Gasteiger charge is 2.39. The van der Waals surface area contributed by atoms with E-state index < -0.39 is 15.9 Å². The largest absolute Gasteiger partial charge is 0.493 e. The summed E-state index contributed by atoms with van der Waals surface area (Å²) in [6.07, 6.45) is 1.66. The van der Waals surface area contributed by atoms with Crippen LogP contribution in [0.25, 0.3) is 31.6 Å². The number of benzene rings is 3. The van der Waals surface area contributed by atoms with Crippen molar-refractivity contribution in [1.29, 1.82) is 0 Å². The van der Waals surface area contributed by atoms with Gasteiger partial charge in [0.1, 0.15) is 5.75 Å². The van der Waals surface area contributed by atoms with Crippen molar-refractivity contribution in [3.63, 3.8) is 0 Å². The van der Waals surface area contributed by atoms with E-state index in [0.717, 1.165) is 38.9 Å². The van der Waals surface area contributed by atoms with Gasteiger partial charge in [-0.2, -0.15) is 0 Å². The molecule has 3 heterocycles. The molecule has 0 saturated carbocycles. The lowest BCUT2D eigenvalue weighted by Gasteiger charge is -2.45. The summed E-state index contributed by atoms with van der Waals surface area (Å²) < 4.78 is 42.8. The molecule has 5 aromatic rings. The van der Waals surface area contributed by atoms with Gasteiger partial charge in [-0.25, -0.2) is 18.1 Å². The number of fused-ring (bicyclic) bond motifs is 2. The van der Waals surface area contributed by atoms with Gasteiger partial charge in [0.2, 0.25) is 0 Å². The van der Waals surface area contributed by atoms with E-state index in [0.29, 0.717) is 29.0 Å². The van der Waals surface area contributed by atoms with Gasteiger partial charge in [0.15, 0.2) is 0 Å². The molecule has 234 valence electrons. The van der Waals surface area contributed by atoms with E-state index in [4.69, 9.17) is 14.5 Å². The van der Waals surface area contributed by atoms with Crippen molar-refractivity contribution in [3.05, 3.63) is 89.5 Å². The number of thiophene rings is 1. The van der Waals surface area contributed by atoms with Crippen LogP contribution in [0.15, 0.2) is 77.7 Å². The summed E-state index contributed by atoms with van der Waals surface area (Å²) in [4.78, 5) is 20.1. The third-order valence-electron chi connectivity index (χ3n) is 8.31. The lowest BCUT2D eigenvalue weighted by Crippen LogP contribution is -2.46. The number of hydrogen-bond acceptors (Lipinski definition) is 7. The highest BCUT2D eigenvalue weighted by molar-refractivity contribution is 7.90. The maximum Gasteiger partial charge on any atom is 0.265 e. The molecule has 0 aliphatic carbocycles. The number of sulfonamides is 1. The second-order valence-electron chi connectivity index (χ2n) is 13.2. The second-order valence-corrected chi connectivity index (χ2v) is 15.9. The number of aromatic nitrogens is 1. The molecule has 1 amide bonds. The van der Waals surface area contributed by atoms with Gasteiger partial charge < -0.3 is 9.47 Å². The summed E-state index contributed by atoms with van der Waals surface area (Å²) in [5.41, 5.74) is 2.72. The van der Waals surface area contributed by atoms with E-state index in [2.05, 4.69) is 44.5 Å². The van der Waals surface area contributed by atoms with Crippen molar-refractivity contribution in [2.75, 3.05) is 6.61 Å². The number of amides is 1. The third kappa shape index (κ3) is 6.34. The fourth-order valence-electron chi connectivity index (χ4n) is 6.73. The van der Waals surface area contributed by atoms with E-state index in [1.54, 1.807) is 35.6 Å². The molecule has 1 saturated heterocycles. The molecule has 1 aliphatic heterocycles. The Kier molecular flexibility index (Phi) is 8.00. The summed E-state index contributed by atoms with van der Waals surface area (Å²) in [5.74, 6) is -0.0219. The SMILES string of the molecule is Cc1c(-c2cc(C(=O)NS(=O)(=O)c3ccccc3)c3c(OCC4CC(C)(C)OC(C)(C)C4)ccc(C)c3n2)sc2ccccc12. The molecule has 45 heavy (non-hydrogen) atoms. The molecule has 1 N–H and O–H groups in total. The van der Waals surface area contributed by atoms with E-state index >= 15 is 0 Å². The predicted octanol–water partition coefficient (Wildman–Crippen LogP) is 8.21. The molecule has 3 aromatic carbocycles. The molecule has 0 unspecified atom stereocenters. The number of rotatable bonds is 7. The Morgan fingerprint density at radius 3 is 2.33 bits per heavy atom. The van der Waals surface area contributed by atoms with Gasteiger partial charge in [-0.05, 0) is 107 Å². The fraction of sp³-hybridized carbons (Fsp3) is 0.333. The molecule has 7 nitrogen and oxygen atoms in total. The first-order chi connectivity index (χ1) is 21.2. The lowest BCUT2D eigenvalue weighted by molar-refractivity contribution is -0.175. The Hall–Kier alpha value is -3.79. The van der Waals surface area contributed by atoms with Crippen LogP contribution < -0.4 is 9.46 Å². The number of hydrogen-bond donors (Lipinski definition) is 1. The molecule has 0 atom stereocenters. The molecular formula is C36H38N2O5S2. The molecule has 0 spiro atoms. The van der Waals surface area contributed by atoms with Gasteiger partial charge in [-0.1, -0.05) is 42.5 Å². The third-order valence-corrected chi connectivity index (χ3v) is 11.0. The van der Waals surface area contributed by atoms with Crippen LogP contribution in [-0.4, -0.2) is 37.1 Å². The van der Waals surface area contributed by atoms with Gasteiger partial charge in [0, 0.05) is 4.70 Å². The van der Waals surface area contributed by atoms with E-state index in [-0.39, 0.29) is 27.6 Å². The number of pyridine rings is 1. The maximum absolute atomic E-state index is 14.0. The Balaban J connectivity index is 1.47. The summed E-state index contributed by atoms with van der Waals surface area (Å²) >= 11 is 1.60. The molecule has 1 fully saturated rings. The number of ether oxygens (including phenoxy) is 2. The van der Waals surface area contributed by atoms with E-state index in [1.165, 1.54) is 12.1 Å². The average molecular weight is 643 g/mol. The van der Waals surface area contributed by atoms with E-state index in [9.17, 15) is 13.2 Å². The van der Waals surface area contributed by atoms with Crippen LogP contribution in [-0.2, 0) is 14.8 Å². The van der Waals surface area contributed by atoms with E-state index in [1.807, 2.05) is 38.1 Å². The van der Waals surface area contributed by atoms with Crippen LogP contribution >= 0.6 is 11.3 Å². The van der Waals surface area contributed by atoms with Crippen LogP contribution in [0.4, 0.5) is 0 Å². The van der Waals surface area contributed by atoms with Gasteiger partial charge in [0.05, 0.1) is 49.7 Å². The molecule has 6 rings (SSSR count). The zero-order chi connectivity index (χ0) is 32.1. The van der Waals surface area contributed by atoms with Gasteiger partial charge >= 0.3 is 0 Å². The smallest absolute Gasteiger partial charge is 0.265 e. The molecule has 0 bridgehead atoms. The van der Waals surface area contributed by atoms with Crippen molar-refractivity contribution in [2.45, 2.75) is 70.5 Å². The van der Waals surface area contributed by atoms with Crippen molar-refractivity contribution >= 4 is 48.3 Å². The van der Waals surface area contributed by atoms with Crippen molar-refractivity contribution in [1.82, 2.24) is 9.71 Å². The number of carbonyl (C=O) groups excluding carboxylic acids is 1. The van der Waals surface area contributed by atoms with Crippen LogP contribution in [0.5, 0.6) is 5.75 Å². The number of nitrogens with zero attached hydrogens (tertiary/aromatic N) is 1. The molecule has 9 heteroatoms. The van der Waals surface area contributed by atoms with Gasteiger partial charge in [0.25, 0.3) is 15.9 Å². The zero-order valence-corrected chi connectivity index (χ0v) is 28.1. The Morgan fingerprint density at radius 1 is 0.978 bits per heavy atom. The van der Waals surface area contributed by atoms with Crippen LogP contribution in [0.3, 0.4) is 0 Å². The van der Waals surface area contributed by atoms with Crippen LogP contribution in [0.2, 0.25) is 0 Å². The Bertz CT molecular complexity index is 2020. The van der Waals surface area contributed by atoms with Crippen LogP contribution in [0, 0.1) is 19.8 Å². The Morgan fingerprint density at radius 2 is 1.64 bits per heavy atom. The standard InChI is InChI=1S/C36H38N2O5S2/c1-22-16-17-29(42-21-24-19-35(3,4)43-36(5,6)20-24)31-27(34(39)38-45(40,41)25-12-8-7-9-13-25)18-28(37-32(22)31)33-23(2)26-14-10-11-15-30(26)44-33/h7-18,24H,19-21H2,1-6H3,(H,38,39). The monoisotopic (exact) mass is 642 g/mol. The quantitative estimate of drug-likeness (QED) is 0.192. The summed E-state index contributed by atoms with van der Waals surface area (Å²) in [7, 11) is -4.13. The number of aryl methyl sites for hydroxylation is 2. The maximum atomic E-state index is 14.0. The number of nitrogens with one attached hydrogen (secondary N) is 1. The first-order valence-corrected chi connectivity index (χ1v) is 17.4. The molecule has 1 aliphatic rings. The topological polar surface area (TPSA) is 94.6 Å². The first kappa shape index (κ1) is 31.2. The minimum atomic E-state index is -4.13. The molecule has 2 aromatic heterocycles. The summed E-state index contributed by atoms with van der Waals surface area (Å²) in [6, 6.07) is 21.5. The van der Waals surface area contributed by atoms with Crippen LogP contribution in [0.1, 0.15) is 62.0 Å². The summed E-state index contributed by atoms with van der Waals surface area (Å²) in [6.45, 7) is 12.8. The van der Waals surface area contributed by atoms with Crippen molar-refractivity contribution in [3.8, 4) is 16.3 Å². The average Bonchev–Trinajstić information content (AvgIpc) is 3.31. The Labute approximate surface area is 268 Å². The lowest BCUT2D eigenvalue weighted by atomic mass is 9.81. The minimum absolute atomic E-state index is 0.00897. The zero-order valence-electron chi connectivity index (χ0n) is 26.4. The fourth-order valence-corrected chi connectivity index (χ4v) is 8.89. The predicted molar refractivity (Wildman–Crippen MR) is 181 cm³/mol. The highest BCUT2D eigenvalue weighted by atomic mass is 32.2. The normalized spacial score (nSPS) is 16.6. The van der Waals surface area contributed by atoms with Gasteiger partial charge in [-0.15, -0.1) is 11.3 Å². The second kappa shape index (κ2) is 11.5. The first-order valence-electron chi connectivity index (χ1n) is 15.1. The minimum Gasteiger partial charge on any atom is -0.493 e. The molecule has 0 radical (unpaired) electrons. The number of carbonyl (C=O) groups is 1. The van der Waals surface area contributed by atoms with Crippen molar-refractivity contribution < 1.29 is 22.7 Å². The van der Waals surface area contributed by atoms with Gasteiger partial charge in [-0.3, -0.25) is 4.79 Å². The summed E-state index contributed by atoms with van der Waals surface area (Å²) in [5, 5.41) is 1.61. The molecular weight excluding hydrogens is 605 g/mol.